The van der Waals surface area contributed by atoms with E-state index in [2.05, 4.69) is 0 Å². The van der Waals surface area contributed by atoms with E-state index in [9.17, 15) is 9.59 Å². The molecule has 1 N–H and O–H groups in total. The molecule has 0 bridgehead atoms. The number of hydrogen-bond acceptors (Lipinski definition) is 3. The minimum atomic E-state index is -1.07. The summed E-state index contributed by atoms with van der Waals surface area (Å²) in [6.07, 6.45) is 0. The van der Waals surface area contributed by atoms with Crippen molar-refractivity contribution in [3.05, 3.63) is 29.3 Å². The van der Waals surface area contributed by atoms with Gasteiger partial charge in [0.15, 0.2) is 0 Å². The fraction of sp³-hybridized carbons (Fsp3) is 0.429. The van der Waals surface area contributed by atoms with E-state index in [0.717, 1.165) is 0 Å². The van der Waals surface area contributed by atoms with E-state index in [4.69, 9.17) is 21.4 Å². The molecular weight excluding hydrogens is 296 g/mol. The van der Waals surface area contributed by atoms with Crippen LogP contribution in [0.5, 0.6) is 0 Å². The molecule has 0 aliphatic carbocycles. The van der Waals surface area contributed by atoms with Crippen molar-refractivity contribution in [1.82, 2.24) is 4.90 Å². The molecule has 1 atom stereocenters. The minimum absolute atomic E-state index is 0.0881. The van der Waals surface area contributed by atoms with Crippen LogP contribution in [-0.4, -0.2) is 54.4 Å². The molecule has 2 rings (SSSR count). The van der Waals surface area contributed by atoms with E-state index < -0.39 is 12.5 Å². The van der Waals surface area contributed by atoms with Crippen LogP contribution in [0, 0.1) is 0 Å². The summed E-state index contributed by atoms with van der Waals surface area (Å²) in [7, 11) is 0. The zero-order valence-corrected chi connectivity index (χ0v) is 12.4. The molecule has 1 aliphatic heterocycles. The fourth-order valence-corrected chi connectivity index (χ4v) is 2.32. The largest absolute Gasteiger partial charge is 0.480 e. The lowest BCUT2D eigenvalue weighted by Gasteiger charge is -2.36. The Hall–Kier alpha value is -1.79. The van der Waals surface area contributed by atoms with Crippen LogP contribution in [0.4, 0.5) is 10.5 Å². The van der Waals surface area contributed by atoms with Crippen LogP contribution >= 0.6 is 11.6 Å². The first-order chi connectivity index (χ1) is 9.99. The van der Waals surface area contributed by atoms with Crippen molar-refractivity contribution in [2.24, 2.45) is 0 Å². The number of amides is 2. The van der Waals surface area contributed by atoms with Crippen LogP contribution in [0.3, 0.4) is 0 Å². The van der Waals surface area contributed by atoms with E-state index in [0.29, 0.717) is 30.5 Å². The normalized spacial score (nSPS) is 18.4. The fourth-order valence-electron chi connectivity index (χ4n) is 2.19. The van der Waals surface area contributed by atoms with Crippen LogP contribution < -0.4 is 4.90 Å². The van der Waals surface area contributed by atoms with Gasteiger partial charge in [-0.25, -0.2) is 4.79 Å². The third kappa shape index (κ3) is 3.86. The highest BCUT2D eigenvalue weighted by Crippen LogP contribution is 2.21. The van der Waals surface area contributed by atoms with Crippen LogP contribution in [0.2, 0.25) is 5.02 Å². The molecular formula is C14H17ClN2O4. The summed E-state index contributed by atoms with van der Waals surface area (Å²) in [6.45, 7) is 2.83. The smallest absolute Gasteiger partial charge is 0.325 e. The van der Waals surface area contributed by atoms with Gasteiger partial charge in [-0.3, -0.25) is 9.69 Å². The average molecular weight is 313 g/mol. The predicted octanol–water partition coefficient (Wildman–Crippen LogP) is 2.07. The van der Waals surface area contributed by atoms with Crippen molar-refractivity contribution in [3.63, 3.8) is 0 Å². The Labute approximate surface area is 127 Å². The van der Waals surface area contributed by atoms with E-state index in [1.165, 1.54) is 4.90 Å². The van der Waals surface area contributed by atoms with Crippen LogP contribution in [0.1, 0.15) is 6.92 Å². The summed E-state index contributed by atoms with van der Waals surface area (Å²) in [5.41, 5.74) is 0.505. The Balaban J connectivity index is 2.24. The Morgan fingerprint density at radius 1 is 1.43 bits per heavy atom. The number of rotatable bonds is 3. The molecule has 1 saturated heterocycles. The van der Waals surface area contributed by atoms with Gasteiger partial charge in [0.2, 0.25) is 0 Å². The van der Waals surface area contributed by atoms with Gasteiger partial charge in [0.05, 0.1) is 19.3 Å². The highest BCUT2D eigenvalue weighted by molar-refractivity contribution is 6.30. The molecule has 0 spiro atoms. The van der Waals surface area contributed by atoms with Gasteiger partial charge in [-0.15, -0.1) is 0 Å². The molecule has 1 aliphatic rings. The van der Waals surface area contributed by atoms with Gasteiger partial charge in [0.25, 0.3) is 0 Å². The SMILES string of the molecule is CC1COCCN1C(=O)N(CC(=O)O)c1ccc(Cl)cc1. The van der Waals surface area contributed by atoms with Gasteiger partial charge >= 0.3 is 12.0 Å². The summed E-state index contributed by atoms with van der Waals surface area (Å²) < 4.78 is 5.30. The first-order valence-corrected chi connectivity index (χ1v) is 7.00. The molecule has 0 saturated carbocycles. The zero-order valence-electron chi connectivity index (χ0n) is 11.7. The highest BCUT2D eigenvalue weighted by atomic mass is 35.5. The summed E-state index contributed by atoms with van der Waals surface area (Å²) >= 11 is 5.83. The van der Waals surface area contributed by atoms with E-state index >= 15 is 0 Å². The van der Waals surface area contributed by atoms with Crippen molar-refractivity contribution in [2.45, 2.75) is 13.0 Å². The first-order valence-electron chi connectivity index (χ1n) is 6.62. The molecule has 0 aromatic heterocycles. The Morgan fingerprint density at radius 3 is 2.67 bits per heavy atom. The highest BCUT2D eigenvalue weighted by Gasteiger charge is 2.29. The molecule has 1 heterocycles. The van der Waals surface area contributed by atoms with Crippen LogP contribution in [0.15, 0.2) is 24.3 Å². The minimum Gasteiger partial charge on any atom is -0.480 e. The number of halogens is 1. The average Bonchev–Trinajstić information content (AvgIpc) is 2.45. The number of carbonyl (C=O) groups excluding carboxylic acids is 1. The summed E-state index contributed by atoms with van der Waals surface area (Å²) in [6, 6.07) is 6.09. The van der Waals surface area contributed by atoms with Crippen molar-refractivity contribution in [1.29, 1.82) is 0 Å². The standard InChI is InChI=1S/C14H17ClN2O4/c1-10-9-21-7-6-16(10)14(20)17(8-13(18)19)12-4-2-11(15)3-5-12/h2-5,10H,6-9H2,1H3,(H,18,19). The topological polar surface area (TPSA) is 70.1 Å². The van der Waals surface area contributed by atoms with Crippen molar-refractivity contribution in [2.75, 3.05) is 31.2 Å². The molecule has 114 valence electrons. The van der Waals surface area contributed by atoms with Crippen molar-refractivity contribution in [3.8, 4) is 0 Å². The number of morpholine rings is 1. The van der Waals surface area contributed by atoms with Crippen molar-refractivity contribution < 1.29 is 19.4 Å². The van der Waals surface area contributed by atoms with E-state index in [-0.39, 0.29) is 12.1 Å². The molecule has 1 aromatic carbocycles. The van der Waals surface area contributed by atoms with Gasteiger partial charge < -0.3 is 14.7 Å². The molecule has 1 unspecified atom stereocenters. The summed E-state index contributed by atoms with van der Waals surface area (Å²) in [5.74, 6) is -1.07. The number of carboxylic acids is 1. The number of anilines is 1. The zero-order chi connectivity index (χ0) is 15.4. The molecule has 21 heavy (non-hydrogen) atoms. The lowest BCUT2D eigenvalue weighted by molar-refractivity contribution is -0.135. The third-order valence-corrected chi connectivity index (χ3v) is 3.53. The quantitative estimate of drug-likeness (QED) is 0.927. The lowest BCUT2D eigenvalue weighted by Crippen LogP contribution is -2.53. The molecule has 6 nitrogen and oxygen atoms in total. The van der Waals surface area contributed by atoms with Crippen molar-refractivity contribution >= 4 is 29.3 Å². The first kappa shape index (κ1) is 15.6. The number of benzene rings is 1. The number of nitrogens with zero attached hydrogens (tertiary/aromatic N) is 2. The van der Waals surface area contributed by atoms with E-state index in [1.807, 2.05) is 6.92 Å². The Morgan fingerprint density at radius 2 is 2.10 bits per heavy atom. The second kappa shape index (κ2) is 6.78. The second-order valence-electron chi connectivity index (χ2n) is 4.86. The van der Waals surface area contributed by atoms with E-state index in [1.54, 1.807) is 29.2 Å². The molecule has 7 heteroatoms. The predicted molar refractivity (Wildman–Crippen MR) is 78.8 cm³/mol. The second-order valence-corrected chi connectivity index (χ2v) is 5.29. The number of urea groups is 1. The molecule has 1 fully saturated rings. The maximum atomic E-state index is 12.6. The maximum absolute atomic E-state index is 12.6. The number of aliphatic carboxylic acids is 1. The number of hydrogen-bond donors (Lipinski definition) is 1. The molecule has 0 radical (unpaired) electrons. The Kier molecular flexibility index (Phi) is 5.03. The van der Waals surface area contributed by atoms with Gasteiger partial charge in [0.1, 0.15) is 6.54 Å². The molecule has 1 aromatic rings. The lowest BCUT2D eigenvalue weighted by atomic mass is 10.2. The maximum Gasteiger partial charge on any atom is 0.325 e. The molecule has 2 amide bonds. The van der Waals surface area contributed by atoms with Gasteiger partial charge in [-0.2, -0.15) is 0 Å². The monoisotopic (exact) mass is 312 g/mol. The van der Waals surface area contributed by atoms with Gasteiger partial charge in [-0.1, -0.05) is 11.6 Å². The summed E-state index contributed by atoms with van der Waals surface area (Å²) in [4.78, 5) is 26.5. The van der Waals surface area contributed by atoms with Gasteiger partial charge in [0, 0.05) is 17.3 Å². The third-order valence-electron chi connectivity index (χ3n) is 3.28. The van der Waals surface area contributed by atoms with Crippen LogP contribution in [-0.2, 0) is 9.53 Å². The summed E-state index contributed by atoms with van der Waals surface area (Å²) in [5, 5.41) is 9.58. The van der Waals surface area contributed by atoms with Gasteiger partial charge in [-0.05, 0) is 31.2 Å². The van der Waals surface area contributed by atoms with Crippen LogP contribution in [0.25, 0.3) is 0 Å². The number of carbonyl (C=O) groups is 2. The Bertz CT molecular complexity index is 520. The number of carboxylic acid groups (broad SMARTS) is 1. The number of ether oxygens (including phenoxy) is 1.